The highest BCUT2D eigenvalue weighted by Crippen LogP contribution is 2.35. The van der Waals surface area contributed by atoms with Gasteiger partial charge in [-0.3, -0.25) is 4.72 Å². The van der Waals surface area contributed by atoms with E-state index in [0.29, 0.717) is 0 Å². The van der Waals surface area contributed by atoms with E-state index >= 15 is 0 Å². The molecule has 1 aromatic carbocycles. The smallest absolute Gasteiger partial charge is 0.339 e. The van der Waals surface area contributed by atoms with Crippen molar-refractivity contribution in [3.8, 4) is 5.75 Å². The van der Waals surface area contributed by atoms with Gasteiger partial charge in [0, 0.05) is 13.1 Å². The minimum absolute atomic E-state index is 0.0682. The fourth-order valence-corrected chi connectivity index (χ4v) is 3.48. The summed E-state index contributed by atoms with van der Waals surface area (Å²) in [4.78, 5) is 11.4. The number of morpholine rings is 1. The van der Waals surface area contributed by atoms with Gasteiger partial charge in [0.1, 0.15) is 17.0 Å². The summed E-state index contributed by atoms with van der Waals surface area (Å²) in [5, 5.41) is 9.18. The maximum Gasteiger partial charge on any atom is 0.339 e. The quantitative estimate of drug-likeness (QED) is 0.822. The molecule has 0 saturated carbocycles. The lowest BCUT2D eigenvalue weighted by Gasteiger charge is -2.27. The van der Waals surface area contributed by atoms with Crippen LogP contribution in [-0.4, -0.2) is 57.2 Å². The largest absolute Gasteiger partial charge is 0.495 e. The molecule has 8 nitrogen and oxygen atoms in total. The first-order valence-electron chi connectivity index (χ1n) is 6.32. The Hall–Kier alpha value is -1.55. The highest BCUT2D eigenvalue weighted by molar-refractivity contribution is 7.90. The Bertz CT molecular complexity index is 672. The zero-order valence-corrected chi connectivity index (χ0v) is 13.3. The van der Waals surface area contributed by atoms with Crippen molar-refractivity contribution >= 4 is 33.5 Å². The van der Waals surface area contributed by atoms with E-state index < -0.39 is 16.2 Å². The molecule has 122 valence electrons. The SMILES string of the molecule is COc1ccc(Cl)c(C(=O)O)c1NS(=O)(=O)N1CCOCC1. The van der Waals surface area contributed by atoms with Crippen LogP contribution in [0.4, 0.5) is 5.69 Å². The van der Waals surface area contributed by atoms with E-state index in [1.165, 1.54) is 23.5 Å². The number of hydrogen-bond donors (Lipinski definition) is 2. The molecule has 10 heteroatoms. The molecular formula is C12H15ClN2O6S. The third-order valence-electron chi connectivity index (χ3n) is 3.09. The predicted molar refractivity (Wildman–Crippen MR) is 79.9 cm³/mol. The monoisotopic (exact) mass is 350 g/mol. The number of nitrogens with zero attached hydrogens (tertiary/aromatic N) is 1. The van der Waals surface area contributed by atoms with Gasteiger partial charge in [-0.25, -0.2) is 4.79 Å². The first kappa shape index (κ1) is 16.8. The lowest BCUT2D eigenvalue weighted by molar-refractivity contribution is 0.0697. The van der Waals surface area contributed by atoms with Crippen LogP contribution in [-0.2, 0) is 14.9 Å². The number of carbonyl (C=O) groups is 1. The summed E-state index contributed by atoms with van der Waals surface area (Å²) in [5.41, 5.74) is -0.563. The number of carboxylic acid groups (broad SMARTS) is 1. The summed E-state index contributed by atoms with van der Waals surface area (Å²) in [6.07, 6.45) is 0. The van der Waals surface area contributed by atoms with Gasteiger partial charge in [-0.05, 0) is 12.1 Å². The van der Waals surface area contributed by atoms with Gasteiger partial charge >= 0.3 is 16.2 Å². The molecule has 0 aromatic heterocycles. The Morgan fingerprint density at radius 2 is 2.05 bits per heavy atom. The van der Waals surface area contributed by atoms with Crippen LogP contribution in [0.2, 0.25) is 5.02 Å². The second-order valence-corrected chi connectivity index (χ2v) is 6.50. The Kier molecular flexibility index (Phi) is 5.12. The van der Waals surface area contributed by atoms with Gasteiger partial charge in [0.25, 0.3) is 0 Å². The topological polar surface area (TPSA) is 105 Å². The van der Waals surface area contributed by atoms with Crippen molar-refractivity contribution in [3.63, 3.8) is 0 Å². The van der Waals surface area contributed by atoms with Gasteiger partial charge in [0.15, 0.2) is 0 Å². The van der Waals surface area contributed by atoms with E-state index in [0.717, 1.165) is 0 Å². The molecule has 1 aliphatic rings. The number of nitrogens with one attached hydrogen (secondary N) is 1. The minimum atomic E-state index is -3.94. The summed E-state index contributed by atoms with van der Waals surface area (Å²) in [5.74, 6) is -1.29. The number of anilines is 1. The van der Waals surface area contributed by atoms with Crippen molar-refractivity contribution in [2.75, 3.05) is 38.1 Å². The predicted octanol–water partition coefficient (Wildman–Crippen LogP) is 1.04. The summed E-state index contributed by atoms with van der Waals surface area (Å²) in [7, 11) is -2.63. The van der Waals surface area contributed by atoms with E-state index in [1.54, 1.807) is 0 Å². The number of aromatic carboxylic acids is 1. The maximum absolute atomic E-state index is 12.4. The maximum atomic E-state index is 12.4. The molecule has 0 radical (unpaired) electrons. The Labute approximate surface area is 132 Å². The lowest BCUT2D eigenvalue weighted by Crippen LogP contribution is -2.43. The molecule has 1 saturated heterocycles. The van der Waals surface area contributed by atoms with Crippen LogP contribution in [0.25, 0.3) is 0 Å². The Morgan fingerprint density at radius 1 is 1.41 bits per heavy atom. The number of benzene rings is 1. The number of halogens is 1. The van der Waals surface area contributed by atoms with Crippen LogP contribution in [0, 0.1) is 0 Å². The highest BCUT2D eigenvalue weighted by atomic mass is 35.5. The summed E-state index contributed by atoms with van der Waals surface area (Å²) < 4.78 is 38.3. The average molecular weight is 351 g/mol. The van der Waals surface area contributed by atoms with Crippen molar-refractivity contribution in [1.82, 2.24) is 4.31 Å². The van der Waals surface area contributed by atoms with Crippen LogP contribution in [0.1, 0.15) is 10.4 Å². The molecular weight excluding hydrogens is 336 g/mol. The summed E-state index contributed by atoms with van der Waals surface area (Å²) in [6, 6.07) is 2.72. The number of methoxy groups -OCH3 is 1. The molecule has 0 bridgehead atoms. The molecule has 0 unspecified atom stereocenters. The van der Waals surface area contributed by atoms with E-state index in [9.17, 15) is 18.3 Å². The summed E-state index contributed by atoms with van der Waals surface area (Å²) >= 11 is 5.86. The molecule has 1 heterocycles. The van der Waals surface area contributed by atoms with E-state index in [4.69, 9.17) is 21.1 Å². The molecule has 1 aliphatic heterocycles. The highest BCUT2D eigenvalue weighted by Gasteiger charge is 2.28. The Morgan fingerprint density at radius 3 is 2.59 bits per heavy atom. The number of hydrogen-bond acceptors (Lipinski definition) is 5. The molecule has 0 amide bonds. The minimum Gasteiger partial charge on any atom is -0.495 e. The molecule has 0 spiro atoms. The van der Waals surface area contributed by atoms with Crippen LogP contribution >= 0.6 is 11.6 Å². The third kappa shape index (κ3) is 3.43. The van der Waals surface area contributed by atoms with Gasteiger partial charge in [-0.15, -0.1) is 0 Å². The van der Waals surface area contributed by atoms with Gasteiger partial charge in [0.05, 0.1) is 25.3 Å². The second kappa shape index (κ2) is 6.69. The fraction of sp³-hybridized carbons (Fsp3) is 0.417. The normalized spacial score (nSPS) is 16.3. The van der Waals surface area contributed by atoms with Gasteiger partial charge < -0.3 is 14.6 Å². The molecule has 2 N–H and O–H groups in total. The van der Waals surface area contributed by atoms with Crippen molar-refractivity contribution in [2.24, 2.45) is 0 Å². The van der Waals surface area contributed by atoms with Crippen LogP contribution < -0.4 is 9.46 Å². The van der Waals surface area contributed by atoms with Gasteiger partial charge in [0.2, 0.25) is 0 Å². The van der Waals surface area contributed by atoms with Crippen molar-refractivity contribution < 1.29 is 27.8 Å². The zero-order valence-electron chi connectivity index (χ0n) is 11.7. The van der Waals surface area contributed by atoms with Crippen molar-refractivity contribution in [1.29, 1.82) is 0 Å². The second-order valence-electron chi connectivity index (χ2n) is 4.42. The number of ether oxygens (including phenoxy) is 2. The molecule has 2 rings (SSSR count). The first-order valence-corrected chi connectivity index (χ1v) is 8.14. The number of rotatable bonds is 5. The lowest BCUT2D eigenvalue weighted by atomic mass is 10.1. The number of carboxylic acids is 1. The first-order chi connectivity index (χ1) is 10.4. The van der Waals surface area contributed by atoms with Gasteiger partial charge in [-0.2, -0.15) is 12.7 Å². The molecule has 1 aromatic rings. The van der Waals surface area contributed by atoms with Crippen LogP contribution in [0.5, 0.6) is 5.75 Å². The fourth-order valence-electron chi connectivity index (χ4n) is 2.02. The zero-order chi connectivity index (χ0) is 16.3. The summed E-state index contributed by atoms with van der Waals surface area (Å²) in [6.45, 7) is 0.917. The van der Waals surface area contributed by atoms with Crippen LogP contribution in [0.15, 0.2) is 12.1 Å². The van der Waals surface area contributed by atoms with E-state index in [2.05, 4.69) is 4.72 Å². The standard InChI is InChI=1S/C12H15ClN2O6S/c1-20-9-3-2-8(13)10(12(16)17)11(9)14-22(18,19)15-4-6-21-7-5-15/h2-3,14H,4-7H2,1H3,(H,16,17). The third-order valence-corrected chi connectivity index (χ3v) is 4.91. The Balaban J connectivity index is 2.43. The van der Waals surface area contributed by atoms with Gasteiger partial charge in [-0.1, -0.05) is 11.6 Å². The molecule has 0 aliphatic carbocycles. The molecule has 22 heavy (non-hydrogen) atoms. The average Bonchev–Trinajstić information content (AvgIpc) is 2.48. The van der Waals surface area contributed by atoms with Crippen molar-refractivity contribution in [3.05, 3.63) is 22.7 Å². The molecule has 1 fully saturated rings. The molecule has 0 atom stereocenters. The van der Waals surface area contributed by atoms with Crippen LogP contribution in [0.3, 0.4) is 0 Å². The van der Waals surface area contributed by atoms with E-state index in [-0.39, 0.29) is 48.3 Å². The van der Waals surface area contributed by atoms with Crippen molar-refractivity contribution in [2.45, 2.75) is 0 Å². The van der Waals surface area contributed by atoms with E-state index in [1.807, 2.05) is 0 Å².